The third kappa shape index (κ3) is 3.76. The van der Waals surface area contributed by atoms with Crippen LogP contribution in [0, 0.1) is 0 Å². The average molecular weight is 450 g/mol. The molecule has 3 aromatic rings. The Labute approximate surface area is 191 Å². The van der Waals surface area contributed by atoms with Crippen LogP contribution in [0.1, 0.15) is 54.4 Å². The summed E-state index contributed by atoms with van der Waals surface area (Å²) in [5.41, 5.74) is 1.36. The van der Waals surface area contributed by atoms with E-state index in [-0.39, 0.29) is 23.2 Å². The van der Waals surface area contributed by atoms with Gasteiger partial charge in [-0.15, -0.1) is 0 Å². The second-order valence-electron chi connectivity index (χ2n) is 8.24. The molecule has 1 saturated heterocycles. The highest BCUT2D eigenvalue weighted by Gasteiger charge is 2.44. The van der Waals surface area contributed by atoms with Crippen molar-refractivity contribution in [2.24, 2.45) is 0 Å². The maximum Gasteiger partial charge on any atom is 0.291 e. The second-order valence-corrected chi connectivity index (χ2v) is 8.24. The van der Waals surface area contributed by atoms with Crippen LogP contribution in [0.4, 0.5) is 0 Å². The molecule has 7 nitrogen and oxygen atoms in total. The molecule has 5 rings (SSSR count). The third-order valence-corrected chi connectivity index (χ3v) is 6.18. The summed E-state index contributed by atoms with van der Waals surface area (Å²) in [5.74, 6) is 1.03. The highest BCUT2D eigenvalue weighted by atomic mass is 16.5. The molecule has 1 fully saturated rings. The summed E-state index contributed by atoms with van der Waals surface area (Å²) < 4.78 is 23.3. The largest absolute Gasteiger partial charge is 0.490 e. The number of carbonyl (C=O) groups is 1. The molecule has 0 aliphatic carbocycles. The number of hydrogen-bond acceptors (Lipinski definition) is 6. The molecule has 172 valence electrons. The first-order chi connectivity index (χ1) is 16.1. The fraction of sp³-hybridized carbons (Fsp3) is 0.385. The summed E-state index contributed by atoms with van der Waals surface area (Å²) in [6.45, 7) is 5.86. The molecular formula is C26H27NO6. The van der Waals surface area contributed by atoms with Gasteiger partial charge in [0.15, 0.2) is 16.9 Å². The molecule has 2 aromatic carbocycles. The first-order valence-corrected chi connectivity index (χ1v) is 11.5. The highest BCUT2D eigenvalue weighted by molar-refractivity contribution is 5.99. The Morgan fingerprint density at radius 2 is 1.82 bits per heavy atom. The molecule has 2 aliphatic heterocycles. The van der Waals surface area contributed by atoms with Crippen LogP contribution in [0.25, 0.3) is 11.0 Å². The van der Waals surface area contributed by atoms with Gasteiger partial charge in [-0.1, -0.05) is 18.2 Å². The number of fused-ring (bicyclic) bond motifs is 2. The van der Waals surface area contributed by atoms with E-state index < -0.39 is 6.04 Å². The standard InChI is InChI=1S/C26H27NO6/c1-3-30-20-12-11-16(14-21(20)31-4-2)23-22-24(28)18-9-5-6-10-19(18)33-25(22)26(29)27(23)15-17-8-7-13-32-17/h5-6,9-12,14,17,23H,3-4,7-8,13,15H2,1-2H3/t17-,23-/m1/s1. The lowest BCUT2D eigenvalue weighted by Crippen LogP contribution is -2.36. The number of nitrogens with zero attached hydrogens (tertiary/aromatic N) is 1. The van der Waals surface area contributed by atoms with Gasteiger partial charge in [0.05, 0.1) is 36.3 Å². The number of ether oxygens (including phenoxy) is 3. The van der Waals surface area contributed by atoms with Crippen molar-refractivity contribution >= 4 is 16.9 Å². The van der Waals surface area contributed by atoms with Crippen molar-refractivity contribution in [1.82, 2.24) is 4.90 Å². The van der Waals surface area contributed by atoms with E-state index in [4.69, 9.17) is 18.6 Å². The maximum absolute atomic E-state index is 13.6. The van der Waals surface area contributed by atoms with Crippen LogP contribution in [-0.2, 0) is 4.74 Å². The molecule has 1 amide bonds. The van der Waals surface area contributed by atoms with Crippen LogP contribution in [0.2, 0.25) is 0 Å². The van der Waals surface area contributed by atoms with E-state index in [0.717, 1.165) is 18.4 Å². The molecule has 33 heavy (non-hydrogen) atoms. The van der Waals surface area contributed by atoms with Gasteiger partial charge in [-0.05, 0) is 56.5 Å². The van der Waals surface area contributed by atoms with Crippen LogP contribution >= 0.6 is 0 Å². The topological polar surface area (TPSA) is 78.2 Å². The minimum absolute atomic E-state index is 0.0654. The van der Waals surface area contributed by atoms with Gasteiger partial charge >= 0.3 is 0 Å². The van der Waals surface area contributed by atoms with Crippen LogP contribution in [0.5, 0.6) is 11.5 Å². The Hall–Kier alpha value is -3.32. The predicted molar refractivity (Wildman–Crippen MR) is 123 cm³/mol. The van der Waals surface area contributed by atoms with Crippen molar-refractivity contribution in [1.29, 1.82) is 0 Å². The Kier molecular flexibility index (Phi) is 5.81. The zero-order valence-electron chi connectivity index (χ0n) is 18.8. The summed E-state index contributed by atoms with van der Waals surface area (Å²) in [7, 11) is 0. The number of amides is 1. The third-order valence-electron chi connectivity index (χ3n) is 6.18. The lowest BCUT2D eigenvalue weighted by Gasteiger charge is -2.28. The predicted octanol–water partition coefficient (Wildman–Crippen LogP) is 4.31. The van der Waals surface area contributed by atoms with Gasteiger partial charge in [0, 0.05) is 13.2 Å². The van der Waals surface area contributed by atoms with Crippen LogP contribution in [0.3, 0.4) is 0 Å². The molecule has 0 radical (unpaired) electrons. The Bertz CT molecular complexity index is 1240. The molecule has 0 saturated carbocycles. The van der Waals surface area contributed by atoms with E-state index in [1.165, 1.54) is 0 Å². The molecular weight excluding hydrogens is 422 g/mol. The van der Waals surface area contributed by atoms with Gasteiger partial charge in [-0.2, -0.15) is 0 Å². The Balaban J connectivity index is 1.67. The van der Waals surface area contributed by atoms with Crippen molar-refractivity contribution in [2.75, 3.05) is 26.4 Å². The van der Waals surface area contributed by atoms with Gasteiger partial charge < -0.3 is 23.5 Å². The first kappa shape index (κ1) is 21.5. The quantitative estimate of drug-likeness (QED) is 0.535. The van der Waals surface area contributed by atoms with Crippen molar-refractivity contribution in [3.05, 3.63) is 69.6 Å². The van der Waals surface area contributed by atoms with Gasteiger partial charge in [-0.3, -0.25) is 9.59 Å². The summed E-state index contributed by atoms with van der Waals surface area (Å²) in [5, 5.41) is 0.462. The van der Waals surface area contributed by atoms with E-state index >= 15 is 0 Å². The van der Waals surface area contributed by atoms with E-state index in [1.807, 2.05) is 32.0 Å². The fourth-order valence-electron chi connectivity index (χ4n) is 4.75. The lowest BCUT2D eigenvalue weighted by molar-refractivity contribution is 0.0486. The molecule has 2 aliphatic rings. The summed E-state index contributed by atoms with van der Waals surface area (Å²) in [6, 6.07) is 12.0. The average Bonchev–Trinajstić information content (AvgIpc) is 3.43. The minimum atomic E-state index is -0.590. The SMILES string of the molecule is CCOc1ccc([C@@H]2c3c(oc4ccccc4c3=O)C(=O)N2C[C@H]2CCCO2)cc1OCC. The van der Waals surface area contributed by atoms with Crippen molar-refractivity contribution in [3.8, 4) is 11.5 Å². The smallest absolute Gasteiger partial charge is 0.291 e. The molecule has 0 spiro atoms. The van der Waals surface area contributed by atoms with Crippen molar-refractivity contribution in [2.45, 2.75) is 38.8 Å². The van der Waals surface area contributed by atoms with Crippen LogP contribution in [-0.4, -0.2) is 43.3 Å². The van der Waals surface area contributed by atoms with Crippen LogP contribution in [0.15, 0.2) is 51.7 Å². The zero-order valence-corrected chi connectivity index (χ0v) is 18.8. The van der Waals surface area contributed by atoms with E-state index in [1.54, 1.807) is 29.2 Å². The molecule has 0 N–H and O–H groups in total. The zero-order chi connectivity index (χ0) is 22.9. The number of rotatable bonds is 7. The summed E-state index contributed by atoms with van der Waals surface area (Å²) in [4.78, 5) is 28.8. The van der Waals surface area contributed by atoms with Crippen molar-refractivity contribution in [3.63, 3.8) is 0 Å². The van der Waals surface area contributed by atoms with Gasteiger partial charge in [0.25, 0.3) is 5.91 Å². The van der Waals surface area contributed by atoms with Gasteiger partial charge in [-0.25, -0.2) is 0 Å². The molecule has 0 bridgehead atoms. The monoisotopic (exact) mass is 449 g/mol. The fourth-order valence-corrected chi connectivity index (χ4v) is 4.75. The van der Waals surface area contributed by atoms with Crippen molar-refractivity contribution < 1.29 is 23.4 Å². The Morgan fingerprint density at radius 3 is 2.58 bits per heavy atom. The maximum atomic E-state index is 13.6. The van der Waals surface area contributed by atoms with Gasteiger partial charge in [0.1, 0.15) is 5.58 Å². The van der Waals surface area contributed by atoms with E-state index in [0.29, 0.717) is 54.4 Å². The van der Waals surface area contributed by atoms with E-state index in [2.05, 4.69) is 0 Å². The van der Waals surface area contributed by atoms with Gasteiger partial charge in [0.2, 0.25) is 5.76 Å². The highest BCUT2D eigenvalue weighted by Crippen LogP contribution is 2.41. The normalized spacial score (nSPS) is 19.8. The molecule has 1 aromatic heterocycles. The number of para-hydroxylation sites is 1. The molecule has 2 atom stereocenters. The lowest BCUT2D eigenvalue weighted by atomic mass is 9.97. The summed E-state index contributed by atoms with van der Waals surface area (Å²) in [6.07, 6.45) is 1.77. The number of benzene rings is 2. The Morgan fingerprint density at radius 1 is 1.03 bits per heavy atom. The molecule has 0 unspecified atom stereocenters. The molecule has 3 heterocycles. The number of hydrogen-bond donors (Lipinski definition) is 0. The summed E-state index contributed by atoms with van der Waals surface area (Å²) >= 11 is 0. The minimum Gasteiger partial charge on any atom is -0.490 e. The van der Waals surface area contributed by atoms with Crippen LogP contribution < -0.4 is 14.9 Å². The molecule has 7 heteroatoms. The number of carbonyl (C=O) groups excluding carboxylic acids is 1. The first-order valence-electron chi connectivity index (χ1n) is 11.5. The second kappa shape index (κ2) is 8.90. The van der Waals surface area contributed by atoms with E-state index in [9.17, 15) is 9.59 Å².